The van der Waals surface area contributed by atoms with Gasteiger partial charge in [-0.15, -0.1) is 0 Å². The molecular formula is C24H36F3N3O2. The number of benzene rings is 1. The Hall–Kier alpha value is -1.64. The Morgan fingerprint density at radius 2 is 1.84 bits per heavy atom. The lowest BCUT2D eigenvalue weighted by atomic mass is 9.92. The zero-order valence-electron chi connectivity index (χ0n) is 19.1. The van der Waals surface area contributed by atoms with Crippen molar-refractivity contribution in [2.24, 2.45) is 11.7 Å². The van der Waals surface area contributed by atoms with Crippen LogP contribution in [-0.2, 0) is 22.3 Å². The minimum Gasteiger partial charge on any atom is -0.381 e. The molecule has 2 heterocycles. The molecule has 2 aliphatic heterocycles. The van der Waals surface area contributed by atoms with Crippen molar-refractivity contribution in [2.75, 3.05) is 19.8 Å². The highest BCUT2D eigenvalue weighted by molar-refractivity contribution is 5.79. The molecule has 3 aliphatic rings. The summed E-state index contributed by atoms with van der Waals surface area (Å²) < 4.78 is 44.6. The molecule has 3 N–H and O–H groups in total. The van der Waals surface area contributed by atoms with Crippen molar-refractivity contribution in [1.29, 1.82) is 0 Å². The number of ether oxygens (including phenoxy) is 1. The number of nitrogens with two attached hydrogens (primary N) is 1. The number of hydrogen-bond acceptors (Lipinski definition) is 4. The smallest absolute Gasteiger partial charge is 0.381 e. The van der Waals surface area contributed by atoms with E-state index in [0.29, 0.717) is 29.8 Å². The van der Waals surface area contributed by atoms with E-state index >= 15 is 0 Å². The number of alkyl halides is 3. The molecule has 1 aromatic rings. The van der Waals surface area contributed by atoms with Crippen LogP contribution in [0.3, 0.4) is 0 Å². The molecule has 0 radical (unpaired) electrons. The van der Waals surface area contributed by atoms with E-state index < -0.39 is 17.8 Å². The fraction of sp³-hybridized carbons (Fsp3) is 0.708. The fourth-order valence-electron chi connectivity index (χ4n) is 4.87. The summed E-state index contributed by atoms with van der Waals surface area (Å²) in [5, 5.41) is 3.65. The second-order valence-electron chi connectivity index (χ2n) is 9.20. The zero-order chi connectivity index (χ0) is 23.3. The van der Waals surface area contributed by atoms with E-state index in [2.05, 4.69) is 19.2 Å². The summed E-state index contributed by atoms with van der Waals surface area (Å²) in [6.07, 6.45) is 1.36. The molecule has 8 heteroatoms. The van der Waals surface area contributed by atoms with Gasteiger partial charge in [0, 0.05) is 50.3 Å². The summed E-state index contributed by atoms with van der Waals surface area (Å²) in [5.74, 6) is -0.0771. The first-order valence-corrected chi connectivity index (χ1v) is 11.8. The van der Waals surface area contributed by atoms with Gasteiger partial charge in [0.1, 0.15) is 0 Å². The van der Waals surface area contributed by atoms with Gasteiger partial charge in [0.05, 0.1) is 5.56 Å². The molecule has 1 aliphatic carbocycles. The normalized spacial score (nSPS) is 26.3. The van der Waals surface area contributed by atoms with Gasteiger partial charge in [0.15, 0.2) is 0 Å². The lowest BCUT2D eigenvalue weighted by Crippen LogP contribution is -2.44. The first-order chi connectivity index (χ1) is 15.2. The number of nitrogens with one attached hydrogen (secondary N) is 1. The summed E-state index contributed by atoms with van der Waals surface area (Å²) >= 11 is 0. The van der Waals surface area contributed by atoms with Crippen LogP contribution in [0.4, 0.5) is 13.2 Å². The first kappa shape index (κ1) is 25.0. The van der Waals surface area contributed by atoms with Gasteiger partial charge in [-0.25, -0.2) is 0 Å². The number of nitrogens with zero attached hydrogens (tertiary/aromatic N) is 1. The Labute approximate surface area is 188 Å². The Balaban J connectivity index is 0.000000913. The molecule has 0 aromatic heterocycles. The van der Waals surface area contributed by atoms with Gasteiger partial charge in [0.2, 0.25) is 5.91 Å². The highest BCUT2D eigenvalue weighted by Gasteiger charge is 2.37. The minimum atomic E-state index is -4.40. The van der Waals surface area contributed by atoms with Gasteiger partial charge >= 0.3 is 6.18 Å². The molecule has 3 unspecified atom stereocenters. The van der Waals surface area contributed by atoms with Crippen molar-refractivity contribution in [1.82, 2.24) is 10.2 Å². The molecule has 3 atom stereocenters. The van der Waals surface area contributed by atoms with E-state index in [1.807, 2.05) is 0 Å². The van der Waals surface area contributed by atoms with Crippen molar-refractivity contribution in [3.05, 3.63) is 34.9 Å². The number of halogens is 3. The second-order valence-corrected chi connectivity index (χ2v) is 9.20. The highest BCUT2D eigenvalue weighted by atomic mass is 19.4. The first-order valence-electron chi connectivity index (χ1n) is 11.8. The third-order valence-electron chi connectivity index (χ3n) is 6.43. The van der Waals surface area contributed by atoms with Crippen molar-refractivity contribution < 1.29 is 22.7 Å². The van der Waals surface area contributed by atoms with Crippen LogP contribution in [0, 0.1) is 5.92 Å². The van der Waals surface area contributed by atoms with Gasteiger partial charge in [-0.1, -0.05) is 26.3 Å². The second kappa shape index (κ2) is 11.0. The van der Waals surface area contributed by atoms with Crippen LogP contribution in [0.2, 0.25) is 0 Å². The molecule has 0 spiro atoms. The maximum absolute atomic E-state index is 13.1. The number of fused-ring (bicyclic) bond motifs is 1. The predicted molar refractivity (Wildman–Crippen MR) is 118 cm³/mol. The van der Waals surface area contributed by atoms with Crippen molar-refractivity contribution in [3.8, 4) is 0 Å². The van der Waals surface area contributed by atoms with Gasteiger partial charge in [0.25, 0.3) is 0 Å². The zero-order valence-corrected chi connectivity index (χ0v) is 19.1. The van der Waals surface area contributed by atoms with Crippen LogP contribution in [-0.4, -0.2) is 42.6 Å². The van der Waals surface area contributed by atoms with Crippen molar-refractivity contribution in [2.45, 2.75) is 83.2 Å². The summed E-state index contributed by atoms with van der Waals surface area (Å²) in [7, 11) is 0. The van der Waals surface area contributed by atoms with Crippen molar-refractivity contribution in [3.63, 3.8) is 0 Å². The third kappa shape index (κ3) is 6.23. The van der Waals surface area contributed by atoms with E-state index in [4.69, 9.17) is 10.5 Å². The summed E-state index contributed by atoms with van der Waals surface area (Å²) in [5.41, 5.74) is 6.69. The fourth-order valence-corrected chi connectivity index (χ4v) is 4.87. The molecule has 32 heavy (non-hydrogen) atoms. The van der Waals surface area contributed by atoms with E-state index in [1.165, 1.54) is 12.5 Å². The average molecular weight is 456 g/mol. The molecule has 180 valence electrons. The van der Waals surface area contributed by atoms with Crippen LogP contribution >= 0.6 is 0 Å². The Bertz CT molecular complexity index is 765. The van der Waals surface area contributed by atoms with Crippen LogP contribution in [0.15, 0.2) is 18.2 Å². The number of carbonyl (C=O) groups excluding carboxylic acids is 1. The topological polar surface area (TPSA) is 67.6 Å². The summed E-state index contributed by atoms with van der Waals surface area (Å²) in [6, 6.07) is 3.96. The highest BCUT2D eigenvalue weighted by Crippen LogP contribution is 2.35. The molecule has 2 fully saturated rings. The Morgan fingerprint density at radius 1 is 1.16 bits per heavy atom. The maximum Gasteiger partial charge on any atom is 0.416 e. The quantitative estimate of drug-likeness (QED) is 0.709. The largest absolute Gasteiger partial charge is 0.416 e. The lowest BCUT2D eigenvalue weighted by Gasteiger charge is -2.35. The number of rotatable bonds is 3. The maximum atomic E-state index is 13.1. The number of carbonyl (C=O) groups is 1. The van der Waals surface area contributed by atoms with Gasteiger partial charge in [-0.2, -0.15) is 13.2 Å². The average Bonchev–Trinajstić information content (AvgIpc) is 3.22. The van der Waals surface area contributed by atoms with Crippen molar-refractivity contribution >= 4 is 5.91 Å². The van der Waals surface area contributed by atoms with E-state index in [-0.39, 0.29) is 18.4 Å². The molecule has 1 saturated heterocycles. The number of hydrogen-bond donors (Lipinski definition) is 2. The molecule has 5 nitrogen and oxygen atoms in total. The van der Waals surface area contributed by atoms with Gasteiger partial charge in [-0.05, 0) is 55.4 Å². The van der Waals surface area contributed by atoms with Crippen LogP contribution < -0.4 is 11.1 Å². The molecule has 1 aromatic carbocycles. The summed E-state index contributed by atoms with van der Waals surface area (Å²) in [6.45, 7) is 6.35. The molecule has 0 bridgehead atoms. The van der Waals surface area contributed by atoms with E-state index in [9.17, 15) is 18.0 Å². The predicted octanol–water partition coefficient (Wildman–Crippen LogP) is 4.40. The summed E-state index contributed by atoms with van der Waals surface area (Å²) in [4.78, 5) is 14.7. The minimum absolute atomic E-state index is 0.0137. The molecule has 4 rings (SSSR count). The molecule has 1 saturated carbocycles. The lowest BCUT2D eigenvalue weighted by molar-refractivity contribution is -0.137. The van der Waals surface area contributed by atoms with Crippen LogP contribution in [0.5, 0.6) is 0 Å². The van der Waals surface area contributed by atoms with Crippen LogP contribution in [0.25, 0.3) is 0 Å². The Morgan fingerprint density at radius 3 is 2.50 bits per heavy atom. The molecular weight excluding hydrogens is 419 g/mol. The monoisotopic (exact) mass is 455 g/mol. The standard InChI is InChI=1S/C21H28F3N3O2.C3H8/c22-21(23,24)15-2-4-18-14(9-15)11-27(12-19(18)25)20(28)13-1-3-17(10-13)26-16-5-7-29-8-6-16;1-3-2/h2,4,9,13,16-17,19,26H,1,3,5-8,10-12,25H2;3H2,1-2H3. The molecule has 1 amide bonds. The SMILES string of the molecule is CCC.NC1CN(C(=O)C2CCC(NC3CCOCC3)C2)Cc2cc(C(F)(F)F)ccc21. The van der Waals surface area contributed by atoms with Gasteiger partial charge in [-0.3, -0.25) is 4.79 Å². The van der Waals surface area contributed by atoms with Gasteiger partial charge < -0.3 is 20.7 Å². The van der Waals surface area contributed by atoms with E-state index in [0.717, 1.165) is 57.5 Å². The van der Waals surface area contributed by atoms with E-state index in [1.54, 1.807) is 4.90 Å². The Kier molecular flexibility index (Phi) is 8.58. The number of amides is 1. The van der Waals surface area contributed by atoms with Crippen LogP contribution in [0.1, 0.15) is 75.1 Å². The third-order valence-corrected chi connectivity index (χ3v) is 6.43.